The molecule has 0 bridgehead atoms. The molecule has 1 N–H and O–H groups in total. The molecule has 0 aromatic heterocycles. The van der Waals surface area contributed by atoms with Crippen LogP contribution in [0.5, 0.6) is 0 Å². The maximum atomic E-state index is 12.4. The average Bonchev–Trinajstić information content (AvgIpc) is 2.64. The molecule has 1 heterocycles. The van der Waals surface area contributed by atoms with E-state index in [1.165, 1.54) is 0 Å². The molecule has 2 fully saturated rings. The van der Waals surface area contributed by atoms with E-state index in [2.05, 4.69) is 35.5 Å². The van der Waals surface area contributed by atoms with Crippen LogP contribution in [0.1, 0.15) is 31.2 Å². The van der Waals surface area contributed by atoms with Crippen LogP contribution in [0.4, 0.5) is 5.69 Å². The van der Waals surface area contributed by atoms with Gasteiger partial charge in [0.05, 0.1) is 12.5 Å². The minimum absolute atomic E-state index is 0.187. The van der Waals surface area contributed by atoms with E-state index in [9.17, 15) is 4.79 Å². The lowest BCUT2D eigenvalue weighted by Gasteiger charge is -2.32. The van der Waals surface area contributed by atoms with Crippen LogP contribution in [0.25, 0.3) is 0 Å². The number of carbonyl (C=O) groups excluding carboxylic acids is 1. The lowest BCUT2D eigenvalue weighted by atomic mass is 9.86. The molecule has 0 unspecified atom stereocenters. The Bertz CT molecular complexity index is 614. The fourth-order valence-electron chi connectivity index (χ4n) is 3.73. The molecule has 5 nitrogen and oxygen atoms in total. The van der Waals surface area contributed by atoms with Crippen molar-refractivity contribution < 1.29 is 4.79 Å². The van der Waals surface area contributed by atoms with Crippen molar-refractivity contribution in [3.8, 4) is 6.07 Å². The van der Waals surface area contributed by atoms with Crippen molar-refractivity contribution in [2.24, 2.45) is 5.92 Å². The first-order chi connectivity index (χ1) is 12.1. The quantitative estimate of drug-likeness (QED) is 0.915. The van der Waals surface area contributed by atoms with Gasteiger partial charge in [-0.1, -0.05) is 18.6 Å². The number of nitrogens with zero attached hydrogens (tertiary/aromatic N) is 3. The summed E-state index contributed by atoms with van der Waals surface area (Å²) in [6.45, 7) is 3.58. The number of benzene rings is 1. The molecule has 1 aliphatic carbocycles. The van der Waals surface area contributed by atoms with Gasteiger partial charge >= 0.3 is 0 Å². The number of hydrogen-bond donors (Lipinski definition) is 1. The molecule has 3 rings (SSSR count). The largest absolute Gasteiger partial charge is 0.382 e. The summed E-state index contributed by atoms with van der Waals surface area (Å²) in [5.74, 6) is 0.407. The fraction of sp³-hybridized carbons (Fsp3) is 0.600. The van der Waals surface area contributed by atoms with Gasteiger partial charge in [-0.15, -0.1) is 0 Å². The number of piperazine rings is 1. The number of amides is 1. The van der Waals surface area contributed by atoms with Gasteiger partial charge in [-0.05, 0) is 44.0 Å². The third-order valence-electron chi connectivity index (χ3n) is 5.39. The van der Waals surface area contributed by atoms with Crippen LogP contribution in [0, 0.1) is 17.2 Å². The standard InChI is InChI=1S/C20H28N4O/c1-23-9-11-24(12-10-23)20(25)14-16-5-7-18(8-6-16)22-19-4-2-3-17(13-19)15-21/h5-8,17,19,22H,2-4,9-14H2,1H3/t17-,19+/m1/s1. The van der Waals surface area contributed by atoms with Gasteiger partial charge in [0, 0.05) is 43.8 Å². The number of anilines is 1. The Balaban J connectivity index is 1.50. The van der Waals surface area contributed by atoms with Crippen molar-refractivity contribution in [3.05, 3.63) is 29.8 Å². The van der Waals surface area contributed by atoms with Crippen molar-refractivity contribution >= 4 is 11.6 Å². The Hall–Kier alpha value is -2.06. The zero-order valence-corrected chi connectivity index (χ0v) is 15.1. The fourth-order valence-corrected chi connectivity index (χ4v) is 3.73. The highest BCUT2D eigenvalue weighted by Gasteiger charge is 2.22. The zero-order valence-electron chi connectivity index (χ0n) is 15.1. The van der Waals surface area contributed by atoms with Crippen LogP contribution >= 0.6 is 0 Å². The molecular formula is C20H28N4O. The second kappa shape index (κ2) is 8.35. The van der Waals surface area contributed by atoms with E-state index < -0.39 is 0 Å². The highest BCUT2D eigenvalue weighted by Crippen LogP contribution is 2.26. The second-order valence-electron chi connectivity index (χ2n) is 7.39. The highest BCUT2D eigenvalue weighted by molar-refractivity contribution is 5.79. The first-order valence-electron chi connectivity index (χ1n) is 9.35. The van der Waals surface area contributed by atoms with Crippen molar-refractivity contribution in [1.29, 1.82) is 5.26 Å². The predicted molar refractivity (Wildman–Crippen MR) is 99.2 cm³/mol. The van der Waals surface area contributed by atoms with E-state index in [1.807, 2.05) is 17.0 Å². The maximum absolute atomic E-state index is 12.4. The third-order valence-corrected chi connectivity index (χ3v) is 5.39. The Morgan fingerprint density at radius 1 is 1.20 bits per heavy atom. The summed E-state index contributed by atoms with van der Waals surface area (Å²) in [5.41, 5.74) is 2.15. The van der Waals surface area contributed by atoms with Gasteiger partial charge in [-0.25, -0.2) is 0 Å². The summed E-state index contributed by atoms with van der Waals surface area (Å²) in [7, 11) is 2.10. The van der Waals surface area contributed by atoms with Gasteiger partial charge in [-0.2, -0.15) is 5.26 Å². The van der Waals surface area contributed by atoms with E-state index in [0.717, 1.165) is 63.1 Å². The van der Waals surface area contributed by atoms with Crippen molar-refractivity contribution in [2.75, 3.05) is 38.5 Å². The van der Waals surface area contributed by atoms with Crippen LogP contribution < -0.4 is 5.32 Å². The Morgan fingerprint density at radius 2 is 1.92 bits per heavy atom. The molecule has 1 saturated carbocycles. The smallest absolute Gasteiger partial charge is 0.227 e. The summed E-state index contributed by atoms with van der Waals surface area (Å²) in [5, 5.41) is 12.6. The van der Waals surface area contributed by atoms with Crippen LogP contribution in [0.3, 0.4) is 0 Å². The van der Waals surface area contributed by atoms with E-state index in [0.29, 0.717) is 12.5 Å². The molecule has 1 amide bonds. The number of nitriles is 1. The number of rotatable bonds is 4. The Kier molecular flexibility index (Phi) is 5.93. The normalized spacial score (nSPS) is 24.6. The summed E-state index contributed by atoms with van der Waals surface area (Å²) in [4.78, 5) is 16.6. The van der Waals surface area contributed by atoms with Crippen LogP contribution in [-0.2, 0) is 11.2 Å². The van der Waals surface area contributed by atoms with Crippen molar-refractivity contribution in [3.63, 3.8) is 0 Å². The number of hydrogen-bond acceptors (Lipinski definition) is 4. The van der Waals surface area contributed by atoms with Crippen molar-refractivity contribution in [1.82, 2.24) is 9.80 Å². The van der Waals surface area contributed by atoms with Gasteiger partial charge in [0.1, 0.15) is 0 Å². The maximum Gasteiger partial charge on any atom is 0.227 e. The molecule has 2 atom stereocenters. The first-order valence-corrected chi connectivity index (χ1v) is 9.35. The SMILES string of the molecule is CN1CCN(C(=O)Cc2ccc(N[C@H]3CCC[C@@H](C#N)C3)cc2)CC1. The molecule has 1 aromatic rings. The van der Waals surface area contributed by atoms with E-state index in [4.69, 9.17) is 5.26 Å². The topological polar surface area (TPSA) is 59.4 Å². The minimum atomic E-state index is 0.187. The molecule has 134 valence electrons. The molecule has 2 aliphatic rings. The van der Waals surface area contributed by atoms with Gasteiger partial charge in [0.25, 0.3) is 0 Å². The van der Waals surface area contributed by atoms with Gasteiger partial charge in [-0.3, -0.25) is 4.79 Å². The predicted octanol–water partition coefficient (Wildman–Crippen LogP) is 2.50. The Labute approximate surface area is 150 Å². The van der Waals surface area contributed by atoms with E-state index in [1.54, 1.807) is 0 Å². The zero-order chi connectivity index (χ0) is 17.6. The highest BCUT2D eigenvalue weighted by atomic mass is 16.2. The Morgan fingerprint density at radius 3 is 2.60 bits per heavy atom. The summed E-state index contributed by atoms with van der Waals surface area (Å²) in [6, 6.07) is 11.0. The van der Waals surface area contributed by atoms with Gasteiger partial charge < -0.3 is 15.1 Å². The number of likely N-dealkylation sites (N-methyl/N-ethyl adjacent to an activating group) is 1. The summed E-state index contributed by atoms with van der Waals surface area (Å²) >= 11 is 0. The molecule has 0 radical (unpaired) electrons. The molecule has 0 spiro atoms. The van der Waals surface area contributed by atoms with Crippen LogP contribution in [0.15, 0.2) is 24.3 Å². The van der Waals surface area contributed by atoms with Crippen LogP contribution in [0.2, 0.25) is 0 Å². The summed E-state index contributed by atoms with van der Waals surface area (Å²) in [6.07, 6.45) is 4.68. The minimum Gasteiger partial charge on any atom is -0.382 e. The summed E-state index contributed by atoms with van der Waals surface area (Å²) < 4.78 is 0. The van der Waals surface area contributed by atoms with E-state index in [-0.39, 0.29) is 11.8 Å². The number of nitrogens with one attached hydrogen (secondary N) is 1. The molecule has 5 heteroatoms. The monoisotopic (exact) mass is 340 g/mol. The van der Waals surface area contributed by atoms with Crippen LogP contribution in [-0.4, -0.2) is 55.0 Å². The number of carbonyl (C=O) groups is 1. The first kappa shape index (κ1) is 17.8. The molecule has 1 aliphatic heterocycles. The third kappa shape index (κ3) is 4.96. The molecule has 1 aromatic carbocycles. The van der Waals surface area contributed by atoms with Gasteiger partial charge in [0.15, 0.2) is 0 Å². The molecule has 25 heavy (non-hydrogen) atoms. The van der Waals surface area contributed by atoms with Crippen molar-refractivity contribution in [2.45, 2.75) is 38.1 Å². The lowest BCUT2D eigenvalue weighted by molar-refractivity contribution is -0.132. The molecular weight excluding hydrogens is 312 g/mol. The average molecular weight is 340 g/mol. The lowest BCUT2D eigenvalue weighted by Crippen LogP contribution is -2.47. The van der Waals surface area contributed by atoms with E-state index >= 15 is 0 Å². The van der Waals surface area contributed by atoms with Gasteiger partial charge in [0.2, 0.25) is 5.91 Å². The second-order valence-corrected chi connectivity index (χ2v) is 7.39. The molecule has 1 saturated heterocycles.